The molecule has 2 heterocycles. The Labute approximate surface area is 149 Å². The molecule has 0 aliphatic heterocycles. The van der Waals surface area contributed by atoms with Crippen LogP contribution in [0.1, 0.15) is 5.56 Å². The van der Waals surface area contributed by atoms with E-state index < -0.39 is 4.92 Å². The summed E-state index contributed by atoms with van der Waals surface area (Å²) in [6.45, 7) is 0.262. The quantitative estimate of drug-likeness (QED) is 0.286. The Kier molecular flexibility index (Phi) is 4.63. The van der Waals surface area contributed by atoms with Crippen molar-refractivity contribution in [2.45, 2.75) is 11.7 Å². The number of hydrogen-bond acceptors (Lipinski definition) is 6. The molecule has 9 heteroatoms. The Hall–Kier alpha value is -2.26. The minimum atomic E-state index is -0.456. The highest BCUT2D eigenvalue weighted by Crippen LogP contribution is 2.19. The zero-order chi connectivity index (χ0) is 17.3. The number of halogens is 1. The van der Waals surface area contributed by atoms with Crippen LogP contribution < -0.4 is 5.56 Å². The van der Waals surface area contributed by atoms with Crippen molar-refractivity contribution in [1.29, 1.82) is 0 Å². The van der Waals surface area contributed by atoms with E-state index in [0.717, 1.165) is 10.9 Å². The molecule has 0 spiro atoms. The Morgan fingerprint density at radius 1 is 1.33 bits per heavy atom. The Balaban J connectivity index is 2.11. The molecule has 24 heavy (non-hydrogen) atoms. The number of hydrogen-bond donors (Lipinski definition) is 0. The summed E-state index contributed by atoms with van der Waals surface area (Å²) in [6.07, 6.45) is 3.53. The Morgan fingerprint density at radius 3 is 2.67 bits per heavy atom. The highest BCUT2D eigenvalue weighted by Gasteiger charge is 2.12. The van der Waals surface area contributed by atoms with Crippen LogP contribution in [0.5, 0.6) is 0 Å². The van der Waals surface area contributed by atoms with Crippen molar-refractivity contribution < 1.29 is 4.92 Å². The molecule has 0 aliphatic rings. The molecule has 0 radical (unpaired) electrons. The van der Waals surface area contributed by atoms with E-state index in [-0.39, 0.29) is 17.8 Å². The van der Waals surface area contributed by atoms with Crippen molar-refractivity contribution in [3.8, 4) is 0 Å². The number of rotatable bonds is 4. The van der Waals surface area contributed by atoms with Gasteiger partial charge in [-0.1, -0.05) is 23.9 Å². The van der Waals surface area contributed by atoms with Crippen molar-refractivity contribution in [3.05, 3.63) is 67.0 Å². The van der Waals surface area contributed by atoms with Crippen LogP contribution in [0.2, 0.25) is 0 Å². The summed E-state index contributed by atoms with van der Waals surface area (Å²) < 4.78 is 1.94. The molecule has 0 saturated heterocycles. The molecule has 0 amide bonds. The largest absolute Gasteiger partial charge is 0.287 e. The first-order valence-corrected chi connectivity index (χ1v) is 8.85. The lowest BCUT2D eigenvalue weighted by molar-refractivity contribution is -0.384. The molecule has 0 atom stereocenters. The van der Waals surface area contributed by atoms with Crippen molar-refractivity contribution in [3.63, 3.8) is 0 Å². The number of thioether (sulfide) groups is 1. The summed E-state index contributed by atoms with van der Waals surface area (Å²) in [7, 11) is 0. The molecule has 0 N–H and O–H groups in total. The number of nitrogens with zero attached hydrogens (tertiary/aromatic N) is 4. The van der Waals surface area contributed by atoms with Crippen LogP contribution >= 0.6 is 27.7 Å². The van der Waals surface area contributed by atoms with E-state index in [1.165, 1.54) is 28.5 Å². The molecule has 0 bridgehead atoms. The first kappa shape index (κ1) is 16.6. The lowest BCUT2D eigenvalue weighted by Crippen LogP contribution is -2.22. The number of non-ortho nitro benzene ring substituents is 1. The van der Waals surface area contributed by atoms with Gasteiger partial charge in [-0.15, -0.1) is 0 Å². The second kappa shape index (κ2) is 6.70. The van der Waals surface area contributed by atoms with E-state index in [0.29, 0.717) is 15.3 Å². The van der Waals surface area contributed by atoms with Crippen molar-refractivity contribution in [2.24, 2.45) is 0 Å². The van der Waals surface area contributed by atoms with Gasteiger partial charge >= 0.3 is 0 Å². The van der Waals surface area contributed by atoms with E-state index >= 15 is 0 Å². The fourth-order valence-electron chi connectivity index (χ4n) is 2.26. The average molecular weight is 407 g/mol. The third-order valence-electron chi connectivity index (χ3n) is 3.43. The molecular formula is C15H11BrN4O3S. The van der Waals surface area contributed by atoms with Gasteiger partial charge in [0.2, 0.25) is 0 Å². The van der Waals surface area contributed by atoms with Crippen LogP contribution in [0, 0.1) is 10.1 Å². The second-order valence-corrected chi connectivity index (χ2v) is 6.57. The molecule has 0 fully saturated rings. The summed E-state index contributed by atoms with van der Waals surface area (Å²) >= 11 is 4.65. The molecule has 3 aromatic rings. The van der Waals surface area contributed by atoms with Gasteiger partial charge in [0.15, 0.2) is 5.16 Å². The predicted molar refractivity (Wildman–Crippen MR) is 95.5 cm³/mol. The van der Waals surface area contributed by atoms with Gasteiger partial charge in [0.25, 0.3) is 11.2 Å². The topological polar surface area (TPSA) is 90.9 Å². The van der Waals surface area contributed by atoms with Crippen LogP contribution in [0.25, 0.3) is 11.0 Å². The molecule has 2 aromatic heterocycles. The minimum Gasteiger partial charge on any atom is -0.287 e. The van der Waals surface area contributed by atoms with Gasteiger partial charge in [0.1, 0.15) is 5.65 Å². The van der Waals surface area contributed by atoms with Gasteiger partial charge in [-0.2, -0.15) is 0 Å². The third-order valence-corrected chi connectivity index (χ3v) is 4.56. The van der Waals surface area contributed by atoms with Gasteiger partial charge < -0.3 is 0 Å². The number of benzene rings is 1. The number of pyridine rings is 1. The van der Waals surface area contributed by atoms with E-state index in [2.05, 4.69) is 25.9 Å². The van der Waals surface area contributed by atoms with Crippen molar-refractivity contribution in [1.82, 2.24) is 14.5 Å². The van der Waals surface area contributed by atoms with Gasteiger partial charge in [-0.3, -0.25) is 19.5 Å². The maximum absolute atomic E-state index is 12.5. The van der Waals surface area contributed by atoms with Gasteiger partial charge in [-0.05, 0) is 33.8 Å². The zero-order valence-electron chi connectivity index (χ0n) is 12.5. The minimum absolute atomic E-state index is 0.0113. The van der Waals surface area contributed by atoms with Crippen LogP contribution in [0.3, 0.4) is 0 Å². The summed E-state index contributed by atoms with van der Waals surface area (Å²) in [5.41, 5.74) is 1.09. The van der Waals surface area contributed by atoms with Gasteiger partial charge in [0, 0.05) is 23.7 Å². The third kappa shape index (κ3) is 3.17. The summed E-state index contributed by atoms with van der Waals surface area (Å²) in [6, 6.07) is 7.79. The Bertz CT molecular complexity index is 988. The van der Waals surface area contributed by atoms with E-state index in [1.807, 2.05) is 6.26 Å². The number of aromatic nitrogens is 3. The molecule has 122 valence electrons. The normalized spacial score (nSPS) is 10.9. The first-order chi connectivity index (χ1) is 11.5. The van der Waals surface area contributed by atoms with Crippen LogP contribution in [-0.4, -0.2) is 25.7 Å². The molecule has 0 unspecified atom stereocenters. The van der Waals surface area contributed by atoms with Crippen molar-refractivity contribution >= 4 is 44.4 Å². The molecule has 1 aromatic carbocycles. The maximum atomic E-state index is 12.5. The number of nitro groups is 1. The highest BCUT2D eigenvalue weighted by atomic mass is 79.9. The van der Waals surface area contributed by atoms with Crippen molar-refractivity contribution in [2.75, 3.05) is 6.26 Å². The fourth-order valence-corrected chi connectivity index (χ4v) is 3.06. The molecule has 7 nitrogen and oxygen atoms in total. The number of nitro benzene ring substituents is 1. The van der Waals surface area contributed by atoms with Crippen LogP contribution in [0.15, 0.2) is 51.0 Å². The Morgan fingerprint density at radius 2 is 2.04 bits per heavy atom. The first-order valence-electron chi connectivity index (χ1n) is 6.83. The standard InChI is InChI=1S/C15H11BrN4O3S/c1-24-15-17-7-10-6-12(16)14(21)19(13(10)18-15)8-9-2-4-11(5-3-9)20(22)23/h2-7H,8H2,1H3. The van der Waals surface area contributed by atoms with E-state index in [9.17, 15) is 14.9 Å². The maximum Gasteiger partial charge on any atom is 0.269 e. The average Bonchev–Trinajstić information content (AvgIpc) is 2.59. The fraction of sp³-hybridized carbons (Fsp3) is 0.133. The predicted octanol–water partition coefficient (Wildman–Crippen LogP) is 3.23. The smallest absolute Gasteiger partial charge is 0.269 e. The summed E-state index contributed by atoms with van der Waals surface area (Å²) in [5, 5.41) is 12.0. The van der Waals surface area contributed by atoms with Gasteiger partial charge in [0.05, 0.1) is 15.9 Å². The molecule has 0 saturated carbocycles. The van der Waals surface area contributed by atoms with E-state index in [1.54, 1.807) is 24.4 Å². The van der Waals surface area contributed by atoms with Crippen LogP contribution in [-0.2, 0) is 6.54 Å². The lowest BCUT2D eigenvalue weighted by atomic mass is 10.2. The van der Waals surface area contributed by atoms with E-state index in [4.69, 9.17) is 0 Å². The summed E-state index contributed by atoms with van der Waals surface area (Å²) in [4.78, 5) is 31.4. The SMILES string of the molecule is CSc1ncc2cc(Br)c(=O)n(Cc3ccc([N+](=O)[O-])cc3)c2n1. The molecule has 3 rings (SSSR count). The lowest BCUT2D eigenvalue weighted by Gasteiger charge is -2.11. The second-order valence-electron chi connectivity index (χ2n) is 4.94. The molecule has 0 aliphatic carbocycles. The molecular weight excluding hydrogens is 396 g/mol. The van der Waals surface area contributed by atoms with Gasteiger partial charge in [-0.25, -0.2) is 9.97 Å². The van der Waals surface area contributed by atoms with Crippen LogP contribution in [0.4, 0.5) is 5.69 Å². The highest BCUT2D eigenvalue weighted by molar-refractivity contribution is 9.10. The zero-order valence-corrected chi connectivity index (χ0v) is 14.9. The summed E-state index contributed by atoms with van der Waals surface area (Å²) in [5.74, 6) is 0. The monoisotopic (exact) mass is 406 g/mol. The number of fused-ring (bicyclic) bond motifs is 1.